The average Bonchev–Trinajstić information content (AvgIpc) is 2.50. The Labute approximate surface area is 126 Å². The third-order valence-electron chi connectivity index (χ3n) is 3.67. The molecule has 1 fully saturated rings. The second kappa shape index (κ2) is 4.94. The molecule has 0 aromatic carbocycles. The maximum atomic E-state index is 12.3. The van der Waals surface area contributed by atoms with Crippen molar-refractivity contribution in [3.63, 3.8) is 0 Å². The molecule has 1 aromatic heterocycles. The molecule has 0 radical (unpaired) electrons. The molecule has 110 valence electrons. The monoisotopic (exact) mass is 362 g/mol. The van der Waals surface area contributed by atoms with Gasteiger partial charge in [-0.1, -0.05) is 0 Å². The van der Waals surface area contributed by atoms with Gasteiger partial charge < -0.3 is 9.47 Å². The van der Waals surface area contributed by atoms with Crippen molar-refractivity contribution in [3.8, 4) is 5.88 Å². The first-order valence-electron chi connectivity index (χ1n) is 6.35. The molecule has 0 saturated carbocycles. The molecule has 3 heterocycles. The second-order valence-electron chi connectivity index (χ2n) is 5.12. The van der Waals surface area contributed by atoms with E-state index in [1.165, 1.54) is 0 Å². The van der Waals surface area contributed by atoms with Crippen LogP contribution < -0.4 is 9.46 Å². The molecule has 6 nitrogen and oxygen atoms in total. The lowest BCUT2D eigenvalue weighted by Crippen LogP contribution is -2.49. The predicted molar refractivity (Wildman–Crippen MR) is 75.3 cm³/mol. The maximum absolute atomic E-state index is 12.3. The minimum absolute atomic E-state index is 0.0987. The first-order valence-corrected chi connectivity index (χ1v) is 8.63. The molecule has 0 aliphatic carbocycles. The van der Waals surface area contributed by atoms with E-state index in [2.05, 4.69) is 25.6 Å². The molecular formula is C12H15BrN2O4S. The molecule has 3 rings (SSSR count). The summed E-state index contributed by atoms with van der Waals surface area (Å²) >= 11 is 3.32. The normalized spacial score (nSPS) is 23.7. The van der Waals surface area contributed by atoms with Crippen LogP contribution in [0.2, 0.25) is 0 Å². The number of nitrogens with one attached hydrogen (secondary N) is 1. The number of hydrogen-bond donors (Lipinski definition) is 1. The molecule has 0 bridgehead atoms. The molecule has 1 N–H and O–H groups in total. The predicted octanol–water partition coefficient (Wildman–Crippen LogP) is 1.37. The molecule has 1 aromatic rings. The highest BCUT2D eigenvalue weighted by Gasteiger charge is 2.41. The van der Waals surface area contributed by atoms with E-state index in [9.17, 15) is 8.42 Å². The van der Waals surface area contributed by atoms with Crippen LogP contribution in [0.3, 0.4) is 0 Å². The van der Waals surface area contributed by atoms with Gasteiger partial charge in [0.2, 0.25) is 15.9 Å². The van der Waals surface area contributed by atoms with Crippen molar-refractivity contribution in [1.29, 1.82) is 0 Å². The van der Waals surface area contributed by atoms with Crippen LogP contribution in [0, 0.1) is 6.92 Å². The third kappa shape index (κ3) is 2.45. The smallest absolute Gasteiger partial charge is 0.246 e. The van der Waals surface area contributed by atoms with E-state index in [1.54, 1.807) is 13.0 Å². The van der Waals surface area contributed by atoms with Gasteiger partial charge in [0.1, 0.15) is 15.1 Å². The summed E-state index contributed by atoms with van der Waals surface area (Å²) in [4.78, 5) is 4.35. The fourth-order valence-electron chi connectivity index (χ4n) is 2.38. The van der Waals surface area contributed by atoms with Crippen LogP contribution in [0.15, 0.2) is 15.6 Å². The van der Waals surface area contributed by atoms with Crippen LogP contribution in [0.25, 0.3) is 0 Å². The van der Waals surface area contributed by atoms with Gasteiger partial charge in [-0.15, -0.1) is 0 Å². The Morgan fingerprint density at radius 3 is 2.80 bits per heavy atom. The summed E-state index contributed by atoms with van der Waals surface area (Å²) in [5.74, 6) is 0.161. The van der Waals surface area contributed by atoms with E-state index in [-0.39, 0.29) is 17.3 Å². The number of ether oxygens (including phenoxy) is 2. The number of nitrogens with zero attached hydrogens (tertiary/aromatic N) is 1. The van der Waals surface area contributed by atoms with Gasteiger partial charge in [0.15, 0.2) is 0 Å². The Kier molecular flexibility index (Phi) is 3.52. The van der Waals surface area contributed by atoms with Gasteiger partial charge in [-0.3, -0.25) is 0 Å². The molecule has 1 saturated heterocycles. The van der Waals surface area contributed by atoms with Crippen molar-refractivity contribution in [3.05, 3.63) is 16.2 Å². The highest BCUT2D eigenvalue weighted by molar-refractivity contribution is 9.10. The van der Waals surface area contributed by atoms with E-state index in [0.717, 1.165) is 5.56 Å². The number of halogens is 1. The molecule has 0 amide bonds. The van der Waals surface area contributed by atoms with Crippen molar-refractivity contribution in [1.82, 2.24) is 9.71 Å². The van der Waals surface area contributed by atoms with Crippen molar-refractivity contribution < 1.29 is 17.9 Å². The van der Waals surface area contributed by atoms with E-state index in [4.69, 9.17) is 9.47 Å². The minimum Gasteiger partial charge on any atom is -0.468 e. The molecule has 1 spiro atoms. The fraction of sp³-hybridized carbons (Fsp3) is 0.583. The molecule has 0 unspecified atom stereocenters. The molecular weight excluding hydrogens is 348 g/mol. The van der Waals surface area contributed by atoms with Gasteiger partial charge in [-0.25, -0.2) is 18.1 Å². The zero-order valence-electron chi connectivity index (χ0n) is 11.0. The first-order chi connectivity index (χ1) is 9.42. The zero-order chi connectivity index (χ0) is 14.4. The number of fused-ring (bicyclic) bond motifs is 1. The average molecular weight is 363 g/mol. The lowest BCUT2D eigenvalue weighted by atomic mass is 9.94. The van der Waals surface area contributed by atoms with Crippen molar-refractivity contribution in [2.75, 3.05) is 19.8 Å². The number of rotatable bonds is 0. The molecule has 8 heteroatoms. The van der Waals surface area contributed by atoms with Crippen LogP contribution in [0.1, 0.15) is 18.4 Å². The van der Waals surface area contributed by atoms with Crippen molar-refractivity contribution in [2.24, 2.45) is 0 Å². The summed E-state index contributed by atoms with van der Waals surface area (Å²) in [6, 6.07) is 1.58. The first kappa shape index (κ1) is 14.2. The lowest BCUT2D eigenvalue weighted by molar-refractivity contribution is -0.0443. The molecule has 0 atom stereocenters. The quantitative estimate of drug-likeness (QED) is 0.705. The summed E-state index contributed by atoms with van der Waals surface area (Å²) in [6.45, 7) is 3.15. The van der Waals surface area contributed by atoms with Crippen LogP contribution in [-0.4, -0.2) is 38.8 Å². The second-order valence-corrected chi connectivity index (χ2v) is 7.61. The third-order valence-corrected chi connectivity index (χ3v) is 5.87. The Morgan fingerprint density at radius 2 is 2.10 bits per heavy atom. The molecule has 20 heavy (non-hydrogen) atoms. The highest BCUT2D eigenvalue weighted by atomic mass is 79.9. The van der Waals surface area contributed by atoms with Crippen molar-refractivity contribution >= 4 is 26.0 Å². The van der Waals surface area contributed by atoms with Gasteiger partial charge in [-0.05, 0) is 34.5 Å². The van der Waals surface area contributed by atoms with Crippen LogP contribution in [-0.2, 0) is 14.8 Å². The number of hydrogen-bond acceptors (Lipinski definition) is 5. The van der Waals surface area contributed by atoms with Crippen LogP contribution in [0.4, 0.5) is 0 Å². The molecule has 2 aliphatic heterocycles. The Bertz CT molecular complexity index is 641. The fourth-order valence-corrected chi connectivity index (χ4v) is 3.92. The summed E-state index contributed by atoms with van der Waals surface area (Å²) in [5, 5.41) is 0. The number of aromatic nitrogens is 1. The minimum atomic E-state index is -3.59. The number of pyridine rings is 1. The number of sulfonamides is 1. The SMILES string of the molecule is Cc1cc2c(nc1Br)OC1(CCOCC1)CNS2(=O)=O. The zero-order valence-corrected chi connectivity index (χ0v) is 13.4. The van der Waals surface area contributed by atoms with Gasteiger partial charge in [0, 0.05) is 12.8 Å². The van der Waals surface area contributed by atoms with E-state index in [0.29, 0.717) is 30.7 Å². The standard InChI is InChI=1S/C12H15BrN2O4S/c1-8-6-9-11(15-10(8)13)19-12(2-4-18-5-3-12)7-14-20(9,16)17/h6,14H,2-5,7H2,1H3. The van der Waals surface area contributed by atoms with Crippen molar-refractivity contribution in [2.45, 2.75) is 30.3 Å². The number of aryl methyl sites for hydroxylation is 1. The lowest BCUT2D eigenvalue weighted by Gasteiger charge is -2.35. The summed E-state index contributed by atoms with van der Waals surface area (Å²) in [5.41, 5.74) is 0.179. The topological polar surface area (TPSA) is 77.5 Å². The van der Waals surface area contributed by atoms with Crippen LogP contribution >= 0.6 is 15.9 Å². The molecule has 2 aliphatic rings. The van der Waals surface area contributed by atoms with Gasteiger partial charge in [0.25, 0.3) is 0 Å². The Hall–Kier alpha value is -0.700. The highest BCUT2D eigenvalue weighted by Crippen LogP contribution is 2.35. The summed E-state index contributed by atoms with van der Waals surface area (Å²) in [7, 11) is -3.59. The van der Waals surface area contributed by atoms with Gasteiger partial charge >= 0.3 is 0 Å². The Morgan fingerprint density at radius 1 is 1.40 bits per heavy atom. The Balaban J connectivity index is 2.10. The largest absolute Gasteiger partial charge is 0.468 e. The van der Waals surface area contributed by atoms with E-state index < -0.39 is 15.6 Å². The maximum Gasteiger partial charge on any atom is 0.246 e. The summed E-state index contributed by atoms with van der Waals surface area (Å²) < 4.78 is 39.2. The van der Waals surface area contributed by atoms with Gasteiger partial charge in [-0.2, -0.15) is 0 Å². The van der Waals surface area contributed by atoms with E-state index >= 15 is 0 Å². The van der Waals surface area contributed by atoms with Crippen LogP contribution in [0.5, 0.6) is 5.88 Å². The van der Waals surface area contributed by atoms with E-state index in [1.807, 2.05) is 0 Å². The summed E-state index contributed by atoms with van der Waals surface area (Å²) in [6.07, 6.45) is 1.28. The van der Waals surface area contributed by atoms with Gasteiger partial charge in [0.05, 0.1) is 19.8 Å².